The summed E-state index contributed by atoms with van der Waals surface area (Å²) in [6, 6.07) is 4.98. The number of methoxy groups -OCH3 is 1. The fourth-order valence-electron chi connectivity index (χ4n) is 1.46. The molecule has 0 heterocycles. The van der Waals surface area contributed by atoms with Gasteiger partial charge in [0.2, 0.25) is 11.7 Å². The summed E-state index contributed by atoms with van der Waals surface area (Å²) < 4.78 is 4.25. The molecule has 0 spiro atoms. The third kappa shape index (κ3) is 4.51. The molecule has 0 radical (unpaired) electrons. The molecule has 1 rings (SSSR count). The fraction of sp³-hybridized carbons (Fsp3) is 0.308. The largest absolute Gasteiger partial charge is 0.463 e. The maximum atomic E-state index is 11.8. The Morgan fingerprint density at radius 3 is 2.40 bits per heavy atom. The van der Waals surface area contributed by atoms with Gasteiger partial charge in [-0.2, -0.15) is 0 Å². The minimum atomic E-state index is -1.03. The van der Waals surface area contributed by atoms with Crippen LogP contribution < -0.4 is 0 Å². The molecule has 0 aliphatic heterocycles. The number of hydrogen-bond acceptors (Lipinski definition) is 4. The van der Waals surface area contributed by atoms with Crippen molar-refractivity contribution in [2.45, 2.75) is 13.0 Å². The molecule has 0 N–H and O–H groups in total. The molecule has 0 atom stereocenters. The Kier molecular flexibility index (Phi) is 5.98. The summed E-state index contributed by atoms with van der Waals surface area (Å²) in [6.45, 7) is 0.254. The highest BCUT2D eigenvalue weighted by molar-refractivity contribution is 6.42. The van der Waals surface area contributed by atoms with Crippen molar-refractivity contribution in [3.63, 3.8) is 0 Å². The highest BCUT2D eigenvalue weighted by Crippen LogP contribution is 2.23. The number of halogens is 2. The van der Waals surface area contributed by atoms with Gasteiger partial charge < -0.3 is 9.64 Å². The molecule has 1 aromatic rings. The van der Waals surface area contributed by atoms with Gasteiger partial charge in [-0.1, -0.05) is 29.3 Å². The van der Waals surface area contributed by atoms with E-state index >= 15 is 0 Å². The zero-order valence-corrected chi connectivity index (χ0v) is 12.5. The van der Waals surface area contributed by atoms with E-state index in [4.69, 9.17) is 23.2 Å². The van der Waals surface area contributed by atoms with Gasteiger partial charge in [0.25, 0.3) is 0 Å². The molecule has 0 saturated carbocycles. The number of carbonyl (C=O) groups excluding carboxylic acids is 3. The van der Waals surface area contributed by atoms with Gasteiger partial charge in [-0.15, -0.1) is 0 Å². The first kappa shape index (κ1) is 16.5. The lowest BCUT2D eigenvalue weighted by Crippen LogP contribution is -2.30. The summed E-state index contributed by atoms with van der Waals surface area (Å²) in [5, 5.41) is 0.806. The van der Waals surface area contributed by atoms with Gasteiger partial charge in [0.1, 0.15) is 0 Å². The molecule has 5 nitrogen and oxygen atoms in total. The fourth-order valence-corrected chi connectivity index (χ4v) is 1.78. The summed E-state index contributed by atoms with van der Waals surface area (Å²) in [6.07, 6.45) is -0.523. The van der Waals surface area contributed by atoms with Crippen molar-refractivity contribution >= 4 is 40.9 Å². The van der Waals surface area contributed by atoms with Crippen molar-refractivity contribution in [1.29, 1.82) is 0 Å². The van der Waals surface area contributed by atoms with Gasteiger partial charge in [-0.05, 0) is 17.7 Å². The molecule has 1 aromatic carbocycles. The smallest absolute Gasteiger partial charge is 0.374 e. The summed E-state index contributed by atoms with van der Waals surface area (Å²) in [7, 11) is 2.61. The maximum absolute atomic E-state index is 11.8. The van der Waals surface area contributed by atoms with Gasteiger partial charge in [-0.25, -0.2) is 4.79 Å². The van der Waals surface area contributed by atoms with Crippen molar-refractivity contribution in [2.24, 2.45) is 0 Å². The number of benzene rings is 1. The minimum Gasteiger partial charge on any atom is -0.463 e. The van der Waals surface area contributed by atoms with Crippen molar-refractivity contribution < 1.29 is 19.1 Å². The number of amides is 1. The van der Waals surface area contributed by atoms with Crippen LogP contribution in [0.15, 0.2) is 18.2 Å². The summed E-state index contributed by atoms with van der Waals surface area (Å²) in [4.78, 5) is 35.3. The standard InChI is InChI=1S/C13H13Cl2NO4/c1-16(12(18)6-11(17)13(19)20-2)7-8-3-4-9(14)10(15)5-8/h3-5H,6-7H2,1-2H3. The SMILES string of the molecule is COC(=O)C(=O)CC(=O)N(C)Cc1ccc(Cl)c(Cl)c1. The molecule has 0 aliphatic rings. The second kappa shape index (κ2) is 7.26. The van der Waals surface area contributed by atoms with E-state index in [2.05, 4.69) is 4.74 Å². The van der Waals surface area contributed by atoms with E-state index in [1.807, 2.05) is 0 Å². The van der Waals surface area contributed by atoms with Crippen LogP contribution in [0.1, 0.15) is 12.0 Å². The van der Waals surface area contributed by atoms with Crippen molar-refractivity contribution in [1.82, 2.24) is 4.90 Å². The average Bonchev–Trinajstić information content (AvgIpc) is 2.41. The molecule has 0 fully saturated rings. The zero-order valence-electron chi connectivity index (χ0n) is 11.0. The van der Waals surface area contributed by atoms with E-state index < -0.39 is 24.1 Å². The van der Waals surface area contributed by atoms with Gasteiger partial charge in [0.05, 0.1) is 23.6 Å². The van der Waals surface area contributed by atoms with Crippen molar-refractivity contribution in [2.75, 3.05) is 14.2 Å². The predicted octanol–water partition coefficient (Wildman–Crippen LogP) is 2.08. The van der Waals surface area contributed by atoms with Crippen LogP contribution >= 0.6 is 23.2 Å². The number of esters is 1. The second-order valence-electron chi connectivity index (χ2n) is 4.09. The van der Waals surface area contributed by atoms with E-state index in [1.165, 1.54) is 11.9 Å². The predicted molar refractivity (Wildman–Crippen MR) is 74.6 cm³/mol. The Morgan fingerprint density at radius 2 is 1.85 bits per heavy atom. The first-order chi connectivity index (χ1) is 9.35. The van der Waals surface area contributed by atoms with Crippen LogP contribution in [0.3, 0.4) is 0 Å². The summed E-state index contributed by atoms with van der Waals surface area (Å²) in [5.41, 5.74) is 0.765. The van der Waals surface area contributed by atoms with E-state index in [1.54, 1.807) is 18.2 Å². The number of Topliss-reactive ketones (excluding diaryl/α,β-unsaturated/α-hetero) is 1. The van der Waals surface area contributed by atoms with Crippen LogP contribution in [-0.4, -0.2) is 36.7 Å². The number of nitrogens with zero attached hydrogens (tertiary/aromatic N) is 1. The maximum Gasteiger partial charge on any atom is 0.374 e. The summed E-state index contributed by atoms with van der Waals surface area (Å²) >= 11 is 11.7. The first-order valence-electron chi connectivity index (χ1n) is 5.64. The summed E-state index contributed by atoms with van der Waals surface area (Å²) in [5.74, 6) is -2.38. The number of rotatable bonds is 5. The quantitative estimate of drug-likeness (QED) is 0.474. The van der Waals surface area contributed by atoms with Crippen LogP contribution in [0.2, 0.25) is 10.0 Å². The lowest BCUT2D eigenvalue weighted by Gasteiger charge is -2.17. The Bertz CT molecular complexity index is 545. The van der Waals surface area contributed by atoms with E-state index in [-0.39, 0.29) is 6.54 Å². The van der Waals surface area contributed by atoms with E-state index in [0.29, 0.717) is 10.0 Å². The first-order valence-corrected chi connectivity index (χ1v) is 6.39. The molecular weight excluding hydrogens is 305 g/mol. The van der Waals surface area contributed by atoms with Crippen LogP contribution in [-0.2, 0) is 25.7 Å². The molecule has 7 heteroatoms. The Hall–Kier alpha value is -1.59. The van der Waals surface area contributed by atoms with Crippen LogP contribution in [0, 0.1) is 0 Å². The van der Waals surface area contributed by atoms with Gasteiger partial charge in [0.15, 0.2) is 0 Å². The third-order valence-corrected chi connectivity index (χ3v) is 3.29. The van der Waals surface area contributed by atoms with Gasteiger partial charge >= 0.3 is 5.97 Å². The zero-order chi connectivity index (χ0) is 15.3. The monoisotopic (exact) mass is 317 g/mol. The molecule has 1 amide bonds. The van der Waals surface area contributed by atoms with Crippen molar-refractivity contribution in [3.05, 3.63) is 33.8 Å². The number of hydrogen-bond donors (Lipinski definition) is 0. The molecule has 108 valence electrons. The van der Waals surface area contributed by atoms with Gasteiger partial charge in [0, 0.05) is 13.6 Å². The Balaban J connectivity index is 2.63. The normalized spacial score (nSPS) is 10.0. The highest BCUT2D eigenvalue weighted by atomic mass is 35.5. The topological polar surface area (TPSA) is 63.7 Å². The van der Waals surface area contributed by atoms with Crippen LogP contribution in [0.5, 0.6) is 0 Å². The highest BCUT2D eigenvalue weighted by Gasteiger charge is 2.20. The average molecular weight is 318 g/mol. The lowest BCUT2D eigenvalue weighted by atomic mass is 10.2. The second-order valence-corrected chi connectivity index (χ2v) is 4.90. The van der Waals surface area contributed by atoms with E-state index in [0.717, 1.165) is 12.7 Å². The lowest BCUT2D eigenvalue weighted by molar-refractivity contribution is -0.153. The molecule has 0 saturated heterocycles. The Labute approximate surface area is 126 Å². The van der Waals surface area contributed by atoms with Crippen molar-refractivity contribution in [3.8, 4) is 0 Å². The third-order valence-electron chi connectivity index (χ3n) is 2.55. The molecule has 0 bridgehead atoms. The minimum absolute atomic E-state index is 0.254. The number of ketones is 1. The van der Waals surface area contributed by atoms with Crippen LogP contribution in [0.25, 0.3) is 0 Å². The number of carbonyl (C=O) groups is 3. The van der Waals surface area contributed by atoms with Crippen LogP contribution in [0.4, 0.5) is 0 Å². The molecule has 20 heavy (non-hydrogen) atoms. The molecule has 0 aliphatic carbocycles. The van der Waals surface area contributed by atoms with Gasteiger partial charge in [-0.3, -0.25) is 9.59 Å². The Morgan fingerprint density at radius 1 is 1.20 bits per heavy atom. The van der Waals surface area contributed by atoms with E-state index in [9.17, 15) is 14.4 Å². The molecular formula is C13H13Cl2NO4. The molecule has 0 aromatic heterocycles. The molecule has 0 unspecified atom stereocenters. The number of ether oxygens (including phenoxy) is 1.